The standard InChI is InChI=1S/C34H29ClN6O3.ClH/c35-26-12-6-21(7-13-26)29-16-10-23(32-37-39-40-38-32)18-25(29)20-44-28-14-8-22(9-15-28)33-36-30-19-24(34(42)43)11-17-31(30)41(33)27-4-2-1-3-5-27;/h6-19,27H,1-5,20H2,(H,42,43)(H,37,38,39,40);1H. The van der Waals surface area contributed by atoms with Crippen LogP contribution < -0.4 is 4.74 Å². The van der Waals surface area contributed by atoms with Gasteiger partial charge in [0.15, 0.2) is 0 Å². The minimum atomic E-state index is -0.954. The third-order valence-electron chi connectivity index (χ3n) is 8.25. The SMILES string of the molecule is Cl.O=C(O)c1ccc2c(c1)nc(-c1ccc(OCc3cc(-c4nn[nH]n4)ccc3-c3ccc(Cl)cc3)cc1)n2C1CCCCC1. The van der Waals surface area contributed by atoms with E-state index in [0.29, 0.717) is 34.8 Å². The number of halogens is 2. The van der Waals surface area contributed by atoms with Crippen molar-refractivity contribution in [3.8, 4) is 39.7 Å². The van der Waals surface area contributed by atoms with Crippen molar-refractivity contribution in [2.24, 2.45) is 0 Å². The van der Waals surface area contributed by atoms with E-state index in [-0.39, 0.29) is 18.0 Å². The van der Waals surface area contributed by atoms with Crippen LogP contribution in [0.15, 0.2) is 84.9 Å². The van der Waals surface area contributed by atoms with Crippen LogP contribution in [0.2, 0.25) is 5.02 Å². The maximum Gasteiger partial charge on any atom is 0.335 e. The molecule has 228 valence electrons. The molecule has 45 heavy (non-hydrogen) atoms. The second-order valence-corrected chi connectivity index (χ2v) is 11.5. The molecule has 7 rings (SSSR count). The highest BCUT2D eigenvalue weighted by atomic mass is 35.5. The monoisotopic (exact) mass is 640 g/mol. The molecule has 6 aromatic rings. The fraction of sp³-hybridized carbons (Fsp3) is 0.206. The molecular weight excluding hydrogens is 611 g/mol. The molecule has 0 bridgehead atoms. The largest absolute Gasteiger partial charge is 0.489 e. The Morgan fingerprint density at radius 1 is 0.911 bits per heavy atom. The van der Waals surface area contributed by atoms with Gasteiger partial charge in [-0.2, -0.15) is 5.21 Å². The molecular formula is C34H30Cl2N6O3. The molecule has 11 heteroatoms. The maximum absolute atomic E-state index is 11.6. The van der Waals surface area contributed by atoms with Gasteiger partial charge in [0.25, 0.3) is 0 Å². The summed E-state index contributed by atoms with van der Waals surface area (Å²) in [5.41, 5.74) is 6.70. The van der Waals surface area contributed by atoms with E-state index < -0.39 is 5.97 Å². The first-order valence-electron chi connectivity index (χ1n) is 14.6. The van der Waals surface area contributed by atoms with E-state index in [1.807, 2.05) is 72.8 Å². The van der Waals surface area contributed by atoms with Crippen LogP contribution in [0.4, 0.5) is 0 Å². The number of aromatic carboxylic acids is 1. The number of H-pyrrole nitrogens is 1. The number of fused-ring (bicyclic) bond motifs is 1. The van der Waals surface area contributed by atoms with Crippen molar-refractivity contribution in [1.82, 2.24) is 30.2 Å². The quantitative estimate of drug-likeness (QED) is 0.171. The highest BCUT2D eigenvalue weighted by Crippen LogP contribution is 2.37. The third kappa shape index (κ3) is 6.27. The van der Waals surface area contributed by atoms with Crippen LogP contribution in [-0.4, -0.2) is 41.3 Å². The summed E-state index contributed by atoms with van der Waals surface area (Å²) in [5.74, 6) is 1.12. The van der Waals surface area contributed by atoms with Crippen molar-refractivity contribution in [3.05, 3.63) is 101 Å². The Morgan fingerprint density at radius 2 is 1.64 bits per heavy atom. The molecule has 0 radical (unpaired) electrons. The second-order valence-electron chi connectivity index (χ2n) is 11.0. The van der Waals surface area contributed by atoms with Crippen LogP contribution in [-0.2, 0) is 6.61 Å². The van der Waals surface area contributed by atoms with Crippen LogP contribution in [0.25, 0.3) is 44.9 Å². The number of nitrogens with zero attached hydrogens (tertiary/aromatic N) is 5. The van der Waals surface area contributed by atoms with Gasteiger partial charge in [-0.15, -0.1) is 22.6 Å². The summed E-state index contributed by atoms with van der Waals surface area (Å²) in [6.07, 6.45) is 5.76. The molecule has 0 saturated heterocycles. The Labute approximate surface area is 270 Å². The van der Waals surface area contributed by atoms with Crippen LogP contribution in [0.1, 0.15) is 54.1 Å². The zero-order valence-corrected chi connectivity index (χ0v) is 25.8. The number of ether oxygens (including phenoxy) is 1. The number of rotatable bonds is 8. The second kappa shape index (κ2) is 13.1. The van der Waals surface area contributed by atoms with Crippen LogP contribution in [0, 0.1) is 0 Å². The average molecular weight is 642 g/mol. The molecule has 1 aliphatic rings. The Morgan fingerprint density at radius 3 is 2.36 bits per heavy atom. The van der Waals surface area contributed by atoms with E-state index in [0.717, 1.165) is 52.0 Å². The topological polar surface area (TPSA) is 119 Å². The highest BCUT2D eigenvalue weighted by Gasteiger charge is 2.23. The van der Waals surface area contributed by atoms with Crippen LogP contribution in [0.3, 0.4) is 0 Å². The number of benzene rings is 4. The predicted molar refractivity (Wildman–Crippen MR) is 176 cm³/mol. The molecule has 2 N–H and O–H groups in total. The Hall–Kier alpha value is -4.73. The lowest BCUT2D eigenvalue weighted by atomic mass is 9.95. The molecule has 2 aromatic heterocycles. The summed E-state index contributed by atoms with van der Waals surface area (Å²) in [5, 5.41) is 24.7. The number of carboxylic acid groups (broad SMARTS) is 1. The number of aromatic nitrogens is 6. The highest BCUT2D eigenvalue weighted by molar-refractivity contribution is 6.30. The molecule has 9 nitrogen and oxygen atoms in total. The lowest BCUT2D eigenvalue weighted by Crippen LogP contribution is -2.14. The first-order chi connectivity index (χ1) is 21.5. The summed E-state index contributed by atoms with van der Waals surface area (Å²) in [7, 11) is 0. The van der Waals surface area contributed by atoms with Gasteiger partial charge in [-0.1, -0.05) is 55.1 Å². The van der Waals surface area contributed by atoms with E-state index in [2.05, 4.69) is 25.2 Å². The summed E-state index contributed by atoms with van der Waals surface area (Å²) in [4.78, 5) is 16.6. The van der Waals surface area contributed by atoms with Gasteiger partial charge in [0.05, 0.1) is 16.6 Å². The Kier molecular flexibility index (Phi) is 8.82. The molecule has 0 spiro atoms. The normalized spacial score (nSPS) is 13.4. The van der Waals surface area contributed by atoms with Crippen LogP contribution >= 0.6 is 24.0 Å². The fourth-order valence-corrected chi connectivity index (χ4v) is 6.18. The van der Waals surface area contributed by atoms with E-state index in [4.69, 9.17) is 21.3 Å². The lowest BCUT2D eigenvalue weighted by molar-refractivity contribution is 0.0697. The number of tetrazole rings is 1. The van der Waals surface area contributed by atoms with Crippen molar-refractivity contribution >= 4 is 41.0 Å². The van der Waals surface area contributed by atoms with Crippen molar-refractivity contribution < 1.29 is 14.6 Å². The number of nitrogens with one attached hydrogen (secondary N) is 1. The van der Waals surface area contributed by atoms with E-state index in [9.17, 15) is 9.90 Å². The number of aromatic amines is 1. The number of imidazole rings is 1. The van der Waals surface area contributed by atoms with E-state index in [1.54, 1.807) is 12.1 Å². The smallest absolute Gasteiger partial charge is 0.335 e. The van der Waals surface area contributed by atoms with Gasteiger partial charge in [-0.3, -0.25) is 0 Å². The van der Waals surface area contributed by atoms with E-state index in [1.165, 1.54) is 19.3 Å². The molecule has 0 amide bonds. The zero-order chi connectivity index (χ0) is 30.0. The molecule has 0 aliphatic heterocycles. The average Bonchev–Trinajstić information content (AvgIpc) is 3.73. The Bertz CT molecular complexity index is 1930. The molecule has 0 unspecified atom stereocenters. The minimum absolute atomic E-state index is 0. The maximum atomic E-state index is 11.6. The molecule has 1 fully saturated rings. The first-order valence-corrected chi connectivity index (χ1v) is 15.0. The first kappa shape index (κ1) is 30.3. The fourth-order valence-electron chi connectivity index (χ4n) is 6.05. The number of hydrogen-bond donors (Lipinski definition) is 2. The minimum Gasteiger partial charge on any atom is -0.489 e. The van der Waals surface area contributed by atoms with Gasteiger partial charge in [-0.25, -0.2) is 9.78 Å². The zero-order valence-electron chi connectivity index (χ0n) is 24.2. The molecule has 1 saturated carbocycles. The number of carboxylic acids is 1. The summed E-state index contributed by atoms with van der Waals surface area (Å²) in [6, 6.07) is 27.2. The van der Waals surface area contributed by atoms with Crippen molar-refractivity contribution in [3.63, 3.8) is 0 Å². The molecule has 4 aromatic carbocycles. The van der Waals surface area contributed by atoms with Gasteiger partial charge in [0.1, 0.15) is 18.2 Å². The predicted octanol–water partition coefficient (Wildman–Crippen LogP) is 8.41. The molecule has 1 aliphatic carbocycles. The van der Waals surface area contributed by atoms with Crippen LogP contribution in [0.5, 0.6) is 5.75 Å². The summed E-state index contributed by atoms with van der Waals surface area (Å²) >= 11 is 6.14. The summed E-state index contributed by atoms with van der Waals surface area (Å²) < 4.78 is 8.61. The number of hydrogen-bond acceptors (Lipinski definition) is 6. The lowest BCUT2D eigenvalue weighted by Gasteiger charge is -2.25. The number of carbonyl (C=O) groups is 1. The summed E-state index contributed by atoms with van der Waals surface area (Å²) in [6.45, 7) is 0.321. The van der Waals surface area contributed by atoms with Crippen molar-refractivity contribution in [1.29, 1.82) is 0 Å². The third-order valence-corrected chi connectivity index (χ3v) is 8.50. The van der Waals surface area contributed by atoms with E-state index >= 15 is 0 Å². The molecule has 2 heterocycles. The van der Waals surface area contributed by atoms with Gasteiger partial charge in [-0.05, 0) is 95.4 Å². The van der Waals surface area contributed by atoms with Crippen molar-refractivity contribution in [2.75, 3.05) is 0 Å². The van der Waals surface area contributed by atoms with Gasteiger partial charge in [0.2, 0.25) is 5.82 Å². The Balaban J connectivity index is 0.00000357. The van der Waals surface area contributed by atoms with Crippen molar-refractivity contribution in [2.45, 2.75) is 44.8 Å². The van der Waals surface area contributed by atoms with Gasteiger partial charge < -0.3 is 14.4 Å². The van der Waals surface area contributed by atoms with Gasteiger partial charge in [0, 0.05) is 22.2 Å². The van der Waals surface area contributed by atoms with Gasteiger partial charge >= 0.3 is 5.97 Å². The molecule has 0 atom stereocenters.